The zero-order valence-corrected chi connectivity index (χ0v) is 12.4. The molecule has 0 saturated carbocycles. The first-order valence-corrected chi connectivity index (χ1v) is 7.40. The molecule has 0 atom stereocenters. The van der Waals surface area contributed by atoms with Crippen molar-refractivity contribution < 1.29 is 15.1 Å². The van der Waals surface area contributed by atoms with Gasteiger partial charge in [0, 0.05) is 0 Å². The van der Waals surface area contributed by atoms with Gasteiger partial charge in [0.05, 0.1) is 31.8 Å². The molecule has 0 spiro atoms. The monoisotopic (exact) mass is 292 g/mol. The van der Waals surface area contributed by atoms with Crippen molar-refractivity contribution in [2.45, 2.75) is 39.3 Å². The second-order valence-electron chi connectivity index (χ2n) is 5.58. The van der Waals surface area contributed by atoms with E-state index >= 15 is 0 Å². The van der Waals surface area contributed by atoms with Crippen LogP contribution >= 0.6 is 0 Å². The van der Waals surface area contributed by atoms with Gasteiger partial charge in [-0.1, -0.05) is 0 Å². The molecule has 1 aromatic rings. The number of nitrogens with zero attached hydrogens (tertiary/aromatic N) is 2. The molecule has 1 saturated heterocycles. The van der Waals surface area contributed by atoms with Crippen molar-refractivity contribution in [2.75, 3.05) is 19.7 Å². The van der Waals surface area contributed by atoms with Crippen molar-refractivity contribution in [2.24, 2.45) is 0 Å². The lowest BCUT2D eigenvalue weighted by Gasteiger charge is -2.25. The largest absolute Gasteiger partial charge is 0.494 e. The molecule has 0 bridgehead atoms. The van der Waals surface area contributed by atoms with Crippen LogP contribution in [0.15, 0.2) is 4.79 Å². The number of aromatic hydroxyl groups is 1. The standard InChI is InChI=1S/C15H21N3O3/c1-11-12(9-16)14(20)18(7-8-19)15(21)13(11)10-17-5-3-2-4-6-17/h19,21H,2-8,10H2,1H3/p+1. The van der Waals surface area contributed by atoms with Gasteiger partial charge < -0.3 is 15.1 Å². The molecule has 0 unspecified atom stereocenters. The minimum absolute atomic E-state index is 0.00194. The maximum absolute atomic E-state index is 12.1. The van der Waals surface area contributed by atoms with Gasteiger partial charge in [0.15, 0.2) is 0 Å². The summed E-state index contributed by atoms with van der Waals surface area (Å²) in [5, 5.41) is 28.6. The van der Waals surface area contributed by atoms with Gasteiger partial charge in [0.25, 0.3) is 5.56 Å². The molecule has 1 aliphatic heterocycles. The summed E-state index contributed by atoms with van der Waals surface area (Å²) < 4.78 is 1.10. The van der Waals surface area contributed by atoms with Crippen LogP contribution in [-0.2, 0) is 13.1 Å². The van der Waals surface area contributed by atoms with Crippen LogP contribution in [0.25, 0.3) is 0 Å². The number of pyridine rings is 1. The van der Waals surface area contributed by atoms with Gasteiger partial charge in [-0.05, 0) is 31.7 Å². The number of aliphatic hydroxyl groups excluding tert-OH is 1. The molecule has 0 radical (unpaired) electrons. The summed E-state index contributed by atoms with van der Waals surface area (Å²) in [6, 6.07) is 1.93. The van der Waals surface area contributed by atoms with Crippen LogP contribution in [0.2, 0.25) is 0 Å². The third kappa shape index (κ3) is 3.09. The summed E-state index contributed by atoms with van der Waals surface area (Å²) in [7, 11) is 0. The van der Waals surface area contributed by atoms with Crippen LogP contribution in [0.5, 0.6) is 5.88 Å². The Morgan fingerprint density at radius 2 is 2.00 bits per heavy atom. The zero-order valence-electron chi connectivity index (χ0n) is 12.4. The van der Waals surface area contributed by atoms with Gasteiger partial charge in [-0.3, -0.25) is 9.36 Å². The van der Waals surface area contributed by atoms with Gasteiger partial charge in [-0.25, -0.2) is 0 Å². The number of hydrogen-bond acceptors (Lipinski definition) is 4. The Morgan fingerprint density at radius 1 is 1.33 bits per heavy atom. The highest BCUT2D eigenvalue weighted by Crippen LogP contribution is 2.20. The topological polar surface area (TPSA) is 90.7 Å². The van der Waals surface area contributed by atoms with E-state index < -0.39 is 5.56 Å². The molecule has 0 amide bonds. The highest BCUT2D eigenvalue weighted by atomic mass is 16.3. The number of nitrogens with one attached hydrogen (secondary N) is 1. The fraction of sp³-hybridized carbons (Fsp3) is 0.600. The summed E-state index contributed by atoms with van der Waals surface area (Å²) in [4.78, 5) is 13.5. The molecule has 1 fully saturated rings. The fourth-order valence-corrected chi connectivity index (χ4v) is 3.00. The van der Waals surface area contributed by atoms with Crippen LogP contribution in [0.4, 0.5) is 0 Å². The lowest BCUT2D eigenvalue weighted by Crippen LogP contribution is -3.11. The Labute approximate surface area is 123 Å². The van der Waals surface area contributed by atoms with Crippen molar-refractivity contribution in [1.82, 2.24) is 4.57 Å². The number of hydrogen-bond donors (Lipinski definition) is 3. The third-order valence-electron chi connectivity index (χ3n) is 4.24. The van der Waals surface area contributed by atoms with E-state index in [1.165, 1.54) is 11.3 Å². The first-order chi connectivity index (χ1) is 10.1. The zero-order chi connectivity index (χ0) is 15.4. The number of quaternary nitrogens is 1. The van der Waals surface area contributed by atoms with Gasteiger partial charge in [-0.15, -0.1) is 0 Å². The maximum atomic E-state index is 12.1. The average Bonchev–Trinajstić information content (AvgIpc) is 2.50. The smallest absolute Gasteiger partial charge is 0.271 e. The molecular formula is C15H22N3O3+. The van der Waals surface area contributed by atoms with Crippen LogP contribution in [0.1, 0.15) is 36.0 Å². The highest BCUT2D eigenvalue weighted by Gasteiger charge is 2.23. The predicted molar refractivity (Wildman–Crippen MR) is 77.2 cm³/mol. The molecule has 1 aromatic heterocycles. The molecule has 6 nitrogen and oxygen atoms in total. The molecule has 0 aliphatic carbocycles. The normalized spacial score (nSPS) is 15.9. The van der Waals surface area contributed by atoms with E-state index in [-0.39, 0.29) is 24.6 Å². The van der Waals surface area contributed by atoms with Crippen LogP contribution in [0.3, 0.4) is 0 Å². The van der Waals surface area contributed by atoms with E-state index in [1.54, 1.807) is 6.92 Å². The number of likely N-dealkylation sites (tertiary alicyclic amines) is 1. The van der Waals surface area contributed by atoms with Gasteiger partial charge >= 0.3 is 0 Å². The molecule has 2 rings (SSSR count). The second kappa shape index (κ2) is 6.74. The minimum atomic E-state index is -0.529. The lowest BCUT2D eigenvalue weighted by atomic mass is 10.0. The molecule has 21 heavy (non-hydrogen) atoms. The number of nitriles is 1. The summed E-state index contributed by atoms with van der Waals surface area (Å²) in [5.74, 6) is -0.108. The summed E-state index contributed by atoms with van der Waals surface area (Å²) in [5.41, 5.74) is 0.746. The quantitative estimate of drug-likeness (QED) is 0.684. The third-order valence-corrected chi connectivity index (χ3v) is 4.24. The first kappa shape index (κ1) is 15.5. The van der Waals surface area contributed by atoms with Crippen LogP contribution in [0, 0.1) is 18.3 Å². The number of piperidine rings is 1. The van der Waals surface area contributed by atoms with E-state index in [0.29, 0.717) is 17.7 Å². The van der Waals surface area contributed by atoms with Crippen molar-refractivity contribution in [3.63, 3.8) is 0 Å². The van der Waals surface area contributed by atoms with E-state index in [2.05, 4.69) is 0 Å². The minimum Gasteiger partial charge on any atom is -0.494 e. The van der Waals surface area contributed by atoms with E-state index in [9.17, 15) is 15.2 Å². The maximum Gasteiger partial charge on any atom is 0.271 e. The highest BCUT2D eigenvalue weighted by molar-refractivity contribution is 5.44. The molecule has 3 N–H and O–H groups in total. The van der Waals surface area contributed by atoms with Crippen molar-refractivity contribution >= 4 is 0 Å². The van der Waals surface area contributed by atoms with E-state index in [0.717, 1.165) is 30.5 Å². The van der Waals surface area contributed by atoms with Gasteiger partial charge in [0.2, 0.25) is 5.88 Å². The van der Waals surface area contributed by atoms with E-state index in [4.69, 9.17) is 5.11 Å². The van der Waals surface area contributed by atoms with Gasteiger partial charge in [-0.2, -0.15) is 5.26 Å². The van der Waals surface area contributed by atoms with Crippen LogP contribution in [-0.4, -0.2) is 34.5 Å². The Bertz CT molecular complexity index is 610. The fourth-order valence-electron chi connectivity index (χ4n) is 3.00. The molecule has 2 heterocycles. The predicted octanol–water partition coefficient (Wildman–Crippen LogP) is -0.705. The van der Waals surface area contributed by atoms with Gasteiger partial charge in [0.1, 0.15) is 18.2 Å². The Hall–Kier alpha value is -1.84. The molecule has 0 aromatic carbocycles. The Morgan fingerprint density at radius 3 is 2.57 bits per heavy atom. The number of aliphatic hydroxyl groups is 1. The Kier molecular flexibility index (Phi) is 4.99. The van der Waals surface area contributed by atoms with Crippen molar-refractivity contribution in [3.8, 4) is 11.9 Å². The Balaban J connectivity index is 2.46. The molecule has 6 heteroatoms. The number of rotatable bonds is 4. The van der Waals surface area contributed by atoms with E-state index in [1.807, 2.05) is 6.07 Å². The molecule has 114 valence electrons. The lowest BCUT2D eigenvalue weighted by molar-refractivity contribution is -0.918. The average molecular weight is 292 g/mol. The molecule has 1 aliphatic rings. The van der Waals surface area contributed by atoms with Crippen molar-refractivity contribution in [3.05, 3.63) is 27.0 Å². The SMILES string of the molecule is Cc1c(C[NH+]2CCCCC2)c(O)n(CCO)c(=O)c1C#N. The summed E-state index contributed by atoms with van der Waals surface area (Å²) in [6.45, 7) is 4.15. The summed E-state index contributed by atoms with van der Waals surface area (Å²) in [6.07, 6.45) is 3.56. The second-order valence-corrected chi connectivity index (χ2v) is 5.58. The summed E-state index contributed by atoms with van der Waals surface area (Å²) >= 11 is 0. The van der Waals surface area contributed by atoms with Crippen molar-refractivity contribution in [1.29, 1.82) is 5.26 Å². The number of aromatic nitrogens is 1. The van der Waals surface area contributed by atoms with Crippen LogP contribution < -0.4 is 10.5 Å². The first-order valence-electron chi connectivity index (χ1n) is 7.40. The molecular weight excluding hydrogens is 270 g/mol.